The van der Waals surface area contributed by atoms with Crippen LogP contribution >= 0.6 is 0 Å². The van der Waals surface area contributed by atoms with Gasteiger partial charge in [0.05, 0.1) is 0 Å². The molecule has 0 amide bonds. The number of halogens is 1. The van der Waals surface area contributed by atoms with Crippen LogP contribution in [0.1, 0.15) is 25.5 Å². The molecule has 0 fully saturated rings. The highest BCUT2D eigenvalue weighted by molar-refractivity contribution is 5.20. The Balaban J connectivity index is 2.76. The molecule has 3 heteroatoms. The predicted octanol–water partition coefficient (Wildman–Crippen LogP) is 2.17. The van der Waals surface area contributed by atoms with Crippen molar-refractivity contribution < 1.29 is 4.39 Å². The molecule has 1 unspecified atom stereocenters. The number of benzene rings is 1. The van der Waals surface area contributed by atoms with E-state index in [2.05, 4.69) is 4.90 Å². The van der Waals surface area contributed by atoms with Crippen molar-refractivity contribution in [3.63, 3.8) is 0 Å². The first-order valence-electron chi connectivity index (χ1n) is 5.22. The van der Waals surface area contributed by atoms with Crippen molar-refractivity contribution in [2.75, 3.05) is 13.6 Å². The normalized spacial score (nSPS) is 15.3. The minimum Gasteiger partial charge on any atom is -0.327 e. The van der Waals surface area contributed by atoms with Crippen LogP contribution in [-0.2, 0) is 0 Å². The highest BCUT2D eigenvalue weighted by Crippen LogP contribution is 2.21. The summed E-state index contributed by atoms with van der Waals surface area (Å²) in [5.41, 5.74) is 6.43. The number of hydrogen-bond donors (Lipinski definition) is 1. The Bertz CT molecular complexity index is 312. The molecule has 2 nitrogen and oxygen atoms in total. The average molecular weight is 210 g/mol. The van der Waals surface area contributed by atoms with Crippen molar-refractivity contribution in [3.05, 3.63) is 35.6 Å². The zero-order valence-electron chi connectivity index (χ0n) is 9.57. The number of nitrogens with two attached hydrogens (primary N) is 1. The topological polar surface area (TPSA) is 29.3 Å². The zero-order valence-corrected chi connectivity index (χ0v) is 9.57. The van der Waals surface area contributed by atoms with Gasteiger partial charge in [-0.15, -0.1) is 0 Å². The minimum absolute atomic E-state index is 0.0530. The van der Waals surface area contributed by atoms with Gasteiger partial charge in [-0.3, -0.25) is 4.90 Å². The molecule has 0 radical (unpaired) electrons. The lowest BCUT2D eigenvalue weighted by Gasteiger charge is -2.26. The SMILES string of the molecule is CC(c1ccccc1F)N(C)C[C@H](C)N. The third-order valence-corrected chi connectivity index (χ3v) is 2.59. The van der Waals surface area contributed by atoms with E-state index in [1.165, 1.54) is 6.07 Å². The van der Waals surface area contributed by atoms with Crippen LogP contribution in [0.3, 0.4) is 0 Å². The fourth-order valence-corrected chi connectivity index (χ4v) is 1.66. The minimum atomic E-state index is -0.151. The van der Waals surface area contributed by atoms with E-state index in [9.17, 15) is 4.39 Å². The first-order valence-corrected chi connectivity index (χ1v) is 5.22. The van der Waals surface area contributed by atoms with Gasteiger partial charge in [-0.2, -0.15) is 0 Å². The standard InChI is InChI=1S/C12H19FN2/c1-9(14)8-15(3)10(2)11-6-4-5-7-12(11)13/h4-7,9-10H,8,14H2,1-3H3/t9-,10?/m0/s1. The summed E-state index contributed by atoms with van der Waals surface area (Å²) < 4.78 is 13.5. The van der Waals surface area contributed by atoms with Gasteiger partial charge >= 0.3 is 0 Å². The lowest BCUT2D eigenvalue weighted by atomic mass is 10.1. The molecule has 0 aliphatic carbocycles. The molecule has 1 rings (SSSR count). The van der Waals surface area contributed by atoms with Crippen LogP contribution in [0, 0.1) is 5.82 Å². The molecule has 2 N–H and O–H groups in total. The number of hydrogen-bond acceptors (Lipinski definition) is 2. The molecular formula is C12H19FN2. The van der Waals surface area contributed by atoms with Gasteiger partial charge in [0.1, 0.15) is 5.82 Å². The Morgan fingerprint density at radius 3 is 2.47 bits per heavy atom. The van der Waals surface area contributed by atoms with Crippen molar-refractivity contribution in [1.29, 1.82) is 0 Å². The Morgan fingerprint density at radius 1 is 1.33 bits per heavy atom. The maximum Gasteiger partial charge on any atom is 0.127 e. The third-order valence-electron chi connectivity index (χ3n) is 2.59. The van der Waals surface area contributed by atoms with E-state index in [0.717, 1.165) is 12.1 Å². The van der Waals surface area contributed by atoms with Crippen LogP contribution in [0.25, 0.3) is 0 Å². The lowest BCUT2D eigenvalue weighted by Crippen LogP contribution is -2.34. The third kappa shape index (κ3) is 3.29. The van der Waals surface area contributed by atoms with E-state index in [1.807, 2.05) is 33.0 Å². The summed E-state index contributed by atoms with van der Waals surface area (Å²) in [5, 5.41) is 0. The molecule has 0 aliphatic rings. The zero-order chi connectivity index (χ0) is 11.4. The van der Waals surface area contributed by atoms with Crippen molar-refractivity contribution in [1.82, 2.24) is 4.90 Å². The second-order valence-corrected chi connectivity index (χ2v) is 4.11. The van der Waals surface area contributed by atoms with Crippen LogP contribution < -0.4 is 5.73 Å². The second kappa shape index (κ2) is 5.24. The summed E-state index contributed by atoms with van der Waals surface area (Å²) in [6.45, 7) is 4.70. The molecule has 0 heterocycles. The molecule has 0 bridgehead atoms. The van der Waals surface area contributed by atoms with Crippen LogP contribution in [-0.4, -0.2) is 24.5 Å². The first-order chi connectivity index (χ1) is 7.02. The Labute approximate surface area is 90.9 Å². The average Bonchev–Trinajstić information content (AvgIpc) is 2.16. The predicted molar refractivity (Wildman–Crippen MR) is 61.1 cm³/mol. The van der Waals surface area contributed by atoms with Crippen molar-refractivity contribution in [2.24, 2.45) is 5.73 Å². The largest absolute Gasteiger partial charge is 0.327 e. The smallest absolute Gasteiger partial charge is 0.127 e. The van der Waals surface area contributed by atoms with E-state index in [-0.39, 0.29) is 17.9 Å². The highest BCUT2D eigenvalue weighted by Gasteiger charge is 2.15. The first kappa shape index (κ1) is 12.1. The summed E-state index contributed by atoms with van der Waals surface area (Å²) in [5.74, 6) is -0.151. The van der Waals surface area contributed by atoms with E-state index in [0.29, 0.717) is 0 Å². The summed E-state index contributed by atoms with van der Waals surface area (Å²) in [7, 11) is 1.96. The molecule has 0 saturated heterocycles. The Morgan fingerprint density at radius 2 is 1.93 bits per heavy atom. The van der Waals surface area contributed by atoms with Crippen molar-refractivity contribution in [2.45, 2.75) is 25.9 Å². The maximum absolute atomic E-state index is 13.5. The van der Waals surface area contributed by atoms with Crippen LogP contribution in [0.2, 0.25) is 0 Å². The van der Waals surface area contributed by atoms with Gasteiger partial charge < -0.3 is 5.73 Å². The molecule has 0 saturated carbocycles. The van der Waals surface area contributed by atoms with E-state index < -0.39 is 0 Å². The molecule has 2 atom stereocenters. The quantitative estimate of drug-likeness (QED) is 0.825. The van der Waals surface area contributed by atoms with Crippen LogP contribution in [0.15, 0.2) is 24.3 Å². The van der Waals surface area contributed by atoms with Crippen LogP contribution in [0.5, 0.6) is 0 Å². The van der Waals surface area contributed by atoms with Gasteiger partial charge in [0, 0.05) is 24.2 Å². The lowest BCUT2D eigenvalue weighted by molar-refractivity contribution is 0.245. The summed E-state index contributed by atoms with van der Waals surface area (Å²) in [4.78, 5) is 2.06. The van der Waals surface area contributed by atoms with Gasteiger partial charge in [0.15, 0.2) is 0 Å². The van der Waals surface area contributed by atoms with Gasteiger partial charge in [-0.05, 0) is 27.0 Å². The molecule has 0 aliphatic heterocycles. The number of nitrogens with zero attached hydrogens (tertiary/aromatic N) is 1. The van der Waals surface area contributed by atoms with Gasteiger partial charge in [-0.1, -0.05) is 18.2 Å². The molecule has 1 aromatic carbocycles. The molecule has 15 heavy (non-hydrogen) atoms. The van der Waals surface area contributed by atoms with Gasteiger partial charge in [0.25, 0.3) is 0 Å². The Kier molecular flexibility index (Phi) is 4.24. The van der Waals surface area contributed by atoms with E-state index >= 15 is 0 Å². The molecule has 1 aromatic rings. The Hall–Kier alpha value is -0.930. The van der Waals surface area contributed by atoms with E-state index in [1.54, 1.807) is 6.07 Å². The molecule has 0 spiro atoms. The number of likely N-dealkylation sites (N-methyl/N-ethyl adjacent to an activating group) is 1. The fraction of sp³-hybridized carbons (Fsp3) is 0.500. The maximum atomic E-state index is 13.5. The van der Waals surface area contributed by atoms with Crippen LogP contribution in [0.4, 0.5) is 4.39 Å². The van der Waals surface area contributed by atoms with E-state index in [4.69, 9.17) is 5.73 Å². The second-order valence-electron chi connectivity index (χ2n) is 4.11. The summed E-state index contributed by atoms with van der Waals surface area (Å²) in [6, 6.07) is 7.02. The van der Waals surface area contributed by atoms with Gasteiger partial charge in [0.2, 0.25) is 0 Å². The van der Waals surface area contributed by atoms with Crippen molar-refractivity contribution >= 4 is 0 Å². The molecule has 0 aromatic heterocycles. The van der Waals surface area contributed by atoms with Gasteiger partial charge in [-0.25, -0.2) is 4.39 Å². The molecular weight excluding hydrogens is 191 g/mol. The number of rotatable bonds is 4. The fourth-order valence-electron chi connectivity index (χ4n) is 1.66. The summed E-state index contributed by atoms with van der Waals surface area (Å²) >= 11 is 0. The highest BCUT2D eigenvalue weighted by atomic mass is 19.1. The monoisotopic (exact) mass is 210 g/mol. The summed E-state index contributed by atoms with van der Waals surface area (Å²) in [6.07, 6.45) is 0. The van der Waals surface area contributed by atoms with Crippen molar-refractivity contribution in [3.8, 4) is 0 Å². The molecule has 84 valence electrons.